The summed E-state index contributed by atoms with van der Waals surface area (Å²) in [5, 5.41) is 2.95. The first-order valence-corrected chi connectivity index (χ1v) is 10.2. The van der Waals surface area contributed by atoms with Crippen LogP contribution in [0.5, 0.6) is 0 Å². The van der Waals surface area contributed by atoms with Crippen LogP contribution in [0.2, 0.25) is 0 Å². The molecular formula is C23H28N2O3. The maximum Gasteiger partial charge on any atom is 0.291 e. The van der Waals surface area contributed by atoms with E-state index in [4.69, 9.17) is 4.42 Å². The summed E-state index contributed by atoms with van der Waals surface area (Å²) in [6, 6.07) is 7.94. The third-order valence-electron chi connectivity index (χ3n) is 5.81. The summed E-state index contributed by atoms with van der Waals surface area (Å²) in [5.74, 6) is 0.664. The molecule has 1 N–H and O–H groups in total. The van der Waals surface area contributed by atoms with Gasteiger partial charge in [-0.15, -0.1) is 0 Å². The number of anilines is 2. The Kier molecular flexibility index (Phi) is 4.77. The molecule has 0 saturated carbocycles. The average Bonchev–Trinajstić information content (AvgIpc) is 2.98. The number of hydrogen-bond acceptors (Lipinski definition) is 4. The first-order chi connectivity index (χ1) is 13.3. The van der Waals surface area contributed by atoms with E-state index in [1.165, 1.54) is 19.3 Å². The molecule has 1 aromatic carbocycles. The number of amides is 1. The van der Waals surface area contributed by atoms with E-state index in [0.29, 0.717) is 29.7 Å². The molecule has 2 aliphatic rings. The molecule has 0 radical (unpaired) electrons. The Morgan fingerprint density at radius 3 is 2.64 bits per heavy atom. The molecule has 0 unspecified atom stereocenters. The van der Waals surface area contributed by atoms with Gasteiger partial charge in [-0.2, -0.15) is 0 Å². The van der Waals surface area contributed by atoms with Gasteiger partial charge in [0.25, 0.3) is 5.91 Å². The molecule has 0 atom stereocenters. The molecule has 28 heavy (non-hydrogen) atoms. The van der Waals surface area contributed by atoms with Crippen LogP contribution < -0.4 is 10.2 Å². The predicted octanol–water partition coefficient (Wildman–Crippen LogP) is 4.99. The van der Waals surface area contributed by atoms with Crippen LogP contribution in [0, 0.1) is 12.3 Å². The van der Waals surface area contributed by atoms with E-state index in [-0.39, 0.29) is 22.9 Å². The lowest BCUT2D eigenvalue weighted by atomic mass is 9.76. The molecule has 1 amide bonds. The number of nitrogens with one attached hydrogen (secondary N) is 1. The Morgan fingerprint density at radius 2 is 1.89 bits per heavy atom. The quantitative estimate of drug-likeness (QED) is 0.815. The number of hydrogen-bond donors (Lipinski definition) is 1. The molecule has 1 aliphatic carbocycles. The van der Waals surface area contributed by atoms with Gasteiger partial charge in [-0.05, 0) is 49.8 Å². The van der Waals surface area contributed by atoms with E-state index in [9.17, 15) is 9.59 Å². The number of fused-ring (bicyclic) bond motifs is 1. The molecule has 0 bridgehead atoms. The number of benzene rings is 1. The third kappa shape index (κ3) is 3.58. The Balaban J connectivity index is 1.56. The first kappa shape index (κ1) is 18.8. The normalized spacial score (nSPS) is 18.7. The average molecular weight is 380 g/mol. The van der Waals surface area contributed by atoms with Crippen LogP contribution in [0.1, 0.15) is 71.8 Å². The molecule has 5 heteroatoms. The van der Waals surface area contributed by atoms with Crippen LogP contribution in [-0.2, 0) is 6.42 Å². The summed E-state index contributed by atoms with van der Waals surface area (Å²) in [6.07, 6.45) is 4.85. The SMILES string of the molecule is Cc1c(C(=O)Nc2cccc(N3CCCCC3)c2)oc2c1C(=O)CC(C)(C)C2. The van der Waals surface area contributed by atoms with E-state index in [1.807, 2.05) is 18.2 Å². The lowest BCUT2D eigenvalue weighted by molar-refractivity contribution is 0.0898. The number of carbonyl (C=O) groups is 2. The summed E-state index contributed by atoms with van der Waals surface area (Å²) < 4.78 is 5.88. The summed E-state index contributed by atoms with van der Waals surface area (Å²) >= 11 is 0. The lowest BCUT2D eigenvalue weighted by Crippen LogP contribution is -2.29. The smallest absolute Gasteiger partial charge is 0.291 e. The number of Topliss-reactive ketones (excluding diaryl/α,β-unsaturated/α-hetero) is 1. The Hall–Kier alpha value is -2.56. The molecule has 4 rings (SSSR count). The van der Waals surface area contributed by atoms with Crippen molar-refractivity contribution in [2.45, 2.75) is 52.9 Å². The van der Waals surface area contributed by atoms with Gasteiger partial charge in [0.1, 0.15) is 5.76 Å². The zero-order valence-corrected chi connectivity index (χ0v) is 16.9. The highest BCUT2D eigenvalue weighted by molar-refractivity contribution is 6.07. The van der Waals surface area contributed by atoms with Crippen molar-refractivity contribution in [2.75, 3.05) is 23.3 Å². The van der Waals surface area contributed by atoms with Crippen molar-refractivity contribution in [3.05, 3.63) is 46.9 Å². The minimum atomic E-state index is -0.298. The van der Waals surface area contributed by atoms with Gasteiger partial charge in [0, 0.05) is 42.9 Å². The van der Waals surface area contributed by atoms with Crippen LogP contribution in [0.25, 0.3) is 0 Å². The van der Waals surface area contributed by atoms with E-state index in [1.54, 1.807) is 6.92 Å². The second kappa shape index (κ2) is 7.12. The number of rotatable bonds is 3. The van der Waals surface area contributed by atoms with Gasteiger partial charge >= 0.3 is 0 Å². The molecule has 148 valence electrons. The van der Waals surface area contributed by atoms with E-state index in [2.05, 4.69) is 30.1 Å². The van der Waals surface area contributed by atoms with Gasteiger partial charge < -0.3 is 14.6 Å². The molecule has 1 aromatic heterocycles. The Bertz CT molecular complexity index is 920. The minimum Gasteiger partial charge on any atom is -0.455 e. The number of ketones is 1. The fourth-order valence-electron chi connectivity index (χ4n) is 4.42. The van der Waals surface area contributed by atoms with Gasteiger partial charge in [0.2, 0.25) is 0 Å². The first-order valence-electron chi connectivity index (χ1n) is 10.2. The minimum absolute atomic E-state index is 0.0682. The van der Waals surface area contributed by atoms with E-state index in [0.717, 1.165) is 24.5 Å². The van der Waals surface area contributed by atoms with Gasteiger partial charge in [-0.3, -0.25) is 9.59 Å². The molecule has 5 nitrogen and oxygen atoms in total. The second-order valence-electron chi connectivity index (χ2n) is 8.85. The van der Waals surface area contributed by atoms with Crippen molar-refractivity contribution in [3.63, 3.8) is 0 Å². The fraction of sp³-hybridized carbons (Fsp3) is 0.478. The van der Waals surface area contributed by atoms with E-state index >= 15 is 0 Å². The number of carbonyl (C=O) groups excluding carboxylic acids is 2. The zero-order valence-electron chi connectivity index (χ0n) is 16.9. The highest BCUT2D eigenvalue weighted by atomic mass is 16.4. The van der Waals surface area contributed by atoms with Gasteiger partial charge in [0.15, 0.2) is 11.5 Å². The van der Waals surface area contributed by atoms with Crippen molar-refractivity contribution >= 4 is 23.1 Å². The summed E-state index contributed by atoms with van der Waals surface area (Å²) in [6.45, 7) is 8.02. The van der Waals surface area contributed by atoms with Gasteiger partial charge in [0.05, 0.1) is 5.56 Å². The fourth-order valence-corrected chi connectivity index (χ4v) is 4.42. The molecule has 2 heterocycles. The summed E-state index contributed by atoms with van der Waals surface area (Å²) in [7, 11) is 0. The zero-order chi connectivity index (χ0) is 19.9. The maximum atomic E-state index is 12.9. The molecule has 1 saturated heterocycles. The Morgan fingerprint density at radius 1 is 1.14 bits per heavy atom. The van der Waals surface area contributed by atoms with Crippen molar-refractivity contribution in [1.29, 1.82) is 0 Å². The largest absolute Gasteiger partial charge is 0.455 e. The lowest BCUT2D eigenvalue weighted by Gasteiger charge is -2.29. The van der Waals surface area contributed by atoms with Gasteiger partial charge in [-0.25, -0.2) is 0 Å². The van der Waals surface area contributed by atoms with Crippen LogP contribution in [0.3, 0.4) is 0 Å². The molecule has 1 aliphatic heterocycles. The van der Waals surface area contributed by atoms with Crippen molar-refractivity contribution in [1.82, 2.24) is 0 Å². The molecule has 2 aromatic rings. The van der Waals surface area contributed by atoms with Crippen LogP contribution >= 0.6 is 0 Å². The monoisotopic (exact) mass is 380 g/mol. The summed E-state index contributed by atoms with van der Waals surface area (Å²) in [5.41, 5.74) is 3.00. The highest BCUT2D eigenvalue weighted by Gasteiger charge is 2.37. The highest BCUT2D eigenvalue weighted by Crippen LogP contribution is 2.38. The molecule has 0 spiro atoms. The predicted molar refractivity (Wildman–Crippen MR) is 110 cm³/mol. The Labute approximate surface area is 166 Å². The van der Waals surface area contributed by atoms with E-state index < -0.39 is 0 Å². The second-order valence-corrected chi connectivity index (χ2v) is 8.85. The van der Waals surface area contributed by atoms with Gasteiger partial charge in [-0.1, -0.05) is 19.9 Å². The van der Waals surface area contributed by atoms with Crippen molar-refractivity contribution in [3.8, 4) is 0 Å². The van der Waals surface area contributed by atoms with Crippen LogP contribution in [0.15, 0.2) is 28.7 Å². The number of furan rings is 1. The molecule has 1 fully saturated rings. The van der Waals surface area contributed by atoms with Crippen LogP contribution in [0.4, 0.5) is 11.4 Å². The van der Waals surface area contributed by atoms with Crippen molar-refractivity contribution < 1.29 is 14.0 Å². The number of nitrogens with zero attached hydrogens (tertiary/aromatic N) is 1. The van der Waals surface area contributed by atoms with Crippen molar-refractivity contribution in [2.24, 2.45) is 5.41 Å². The topological polar surface area (TPSA) is 62.6 Å². The summed E-state index contributed by atoms with van der Waals surface area (Å²) in [4.78, 5) is 27.8. The standard InChI is InChI=1S/C23H28N2O3/c1-15-20-18(26)13-23(2,3)14-19(20)28-21(15)22(27)24-16-8-7-9-17(12-16)25-10-5-4-6-11-25/h7-9,12H,4-6,10-11,13-14H2,1-3H3,(H,24,27). The molecular weight excluding hydrogens is 352 g/mol. The van der Waals surface area contributed by atoms with Crippen LogP contribution in [-0.4, -0.2) is 24.8 Å². The third-order valence-corrected chi connectivity index (χ3v) is 5.81. The number of piperidine rings is 1. The maximum absolute atomic E-state index is 12.9.